The predicted molar refractivity (Wildman–Crippen MR) is 76.1 cm³/mol. The molecular formula is C11H13Cl3N2O4. The summed E-state index contributed by atoms with van der Waals surface area (Å²) in [5.74, 6) is -1.69. The topological polar surface area (TPSA) is 103 Å². The van der Waals surface area contributed by atoms with Gasteiger partial charge in [-0.25, -0.2) is 4.98 Å². The van der Waals surface area contributed by atoms with Crippen molar-refractivity contribution in [2.24, 2.45) is 5.73 Å². The van der Waals surface area contributed by atoms with E-state index < -0.39 is 18.0 Å². The number of rotatable bonds is 6. The first kappa shape index (κ1) is 18.9. The van der Waals surface area contributed by atoms with E-state index in [1.54, 1.807) is 0 Å². The van der Waals surface area contributed by atoms with Crippen LogP contribution in [0.25, 0.3) is 0 Å². The van der Waals surface area contributed by atoms with Gasteiger partial charge in [-0.15, -0.1) is 12.4 Å². The minimum absolute atomic E-state index is 0. The first-order chi connectivity index (χ1) is 8.88. The van der Waals surface area contributed by atoms with E-state index in [4.69, 9.17) is 38.8 Å². The van der Waals surface area contributed by atoms with Crippen LogP contribution >= 0.6 is 35.6 Å². The quantitative estimate of drug-likeness (QED) is 0.605. The Kier molecular flexibility index (Phi) is 8.48. The number of aromatic nitrogens is 1. The maximum Gasteiger partial charge on any atom is 0.323 e. The molecule has 112 valence electrons. The average molecular weight is 344 g/mol. The minimum Gasteiger partial charge on any atom is -0.481 e. The largest absolute Gasteiger partial charge is 0.481 e. The van der Waals surface area contributed by atoms with Crippen LogP contribution in [-0.2, 0) is 20.9 Å². The van der Waals surface area contributed by atoms with Gasteiger partial charge < -0.3 is 15.6 Å². The molecule has 1 heterocycles. The van der Waals surface area contributed by atoms with Crippen LogP contribution in [0.3, 0.4) is 0 Å². The standard InChI is InChI=1S/C11H12Cl2N2O4.ClH/c12-8-3-6(4-9(13)15-8)5-19-11(18)7(14)1-2-10(16)17;/h3-4,7H,1-2,5,14H2,(H,16,17);1H/t7-;/m0./s1. The van der Waals surface area contributed by atoms with Crippen LogP contribution in [0.15, 0.2) is 12.1 Å². The van der Waals surface area contributed by atoms with E-state index in [0.717, 1.165) is 0 Å². The molecule has 6 nitrogen and oxygen atoms in total. The number of carboxylic acids is 1. The highest BCUT2D eigenvalue weighted by Gasteiger charge is 2.16. The van der Waals surface area contributed by atoms with Gasteiger partial charge in [0.15, 0.2) is 0 Å². The smallest absolute Gasteiger partial charge is 0.323 e. The van der Waals surface area contributed by atoms with E-state index in [0.29, 0.717) is 5.56 Å². The van der Waals surface area contributed by atoms with Crippen molar-refractivity contribution in [3.05, 3.63) is 28.0 Å². The number of carbonyl (C=O) groups is 2. The summed E-state index contributed by atoms with van der Waals surface area (Å²) in [6, 6.07) is 2.04. The molecule has 0 bridgehead atoms. The third-order valence-electron chi connectivity index (χ3n) is 2.18. The zero-order valence-electron chi connectivity index (χ0n) is 10.2. The molecule has 0 fully saturated rings. The zero-order valence-corrected chi connectivity index (χ0v) is 12.5. The number of halogens is 3. The van der Waals surface area contributed by atoms with Crippen molar-refractivity contribution in [1.82, 2.24) is 4.98 Å². The molecular weight excluding hydrogens is 330 g/mol. The summed E-state index contributed by atoms with van der Waals surface area (Å²) in [4.78, 5) is 25.6. The monoisotopic (exact) mass is 342 g/mol. The Bertz CT molecular complexity index is 464. The van der Waals surface area contributed by atoms with Crippen LogP contribution in [-0.4, -0.2) is 28.1 Å². The summed E-state index contributed by atoms with van der Waals surface area (Å²) < 4.78 is 4.93. The van der Waals surface area contributed by atoms with Crippen LogP contribution in [0.1, 0.15) is 18.4 Å². The van der Waals surface area contributed by atoms with E-state index in [1.165, 1.54) is 12.1 Å². The summed E-state index contributed by atoms with van der Waals surface area (Å²) >= 11 is 11.4. The van der Waals surface area contributed by atoms with Gasteiger partial charge in [-0.05, 0) is 24.1 Å². The number of hydrogen-bond acceptors (Lipinski definition) is 5. The number of ether oxygens (including phenoxy) is 1. The fourth-order valence-electron chi connectivity index (χ4n) is 1.26. The highest BCUT2D eigenvalue weighted by atomic mass is 35.5. The number of carbonyl (C=O) groups excluding carboxylic acids is 1. The number of aliphatic carboxylic acids is 1. The zero-order chi connectivity index (χ0) is 14.4. The predicted octanol–water partition coefficient (Wildman–Crippen LogP) is 2.05. The van der Waals surface area contributed by atoms with Gasteiger partial charge in [-0.2, -0.15) is 0 Å². The van der Waals surface area contributed by atoms with E-state index >= 15 is 0 Å². The molecule has 0 saturated heterocycles. The van der Waals surface area contributed by atoms with Crippen LogP contribution in [0.4, 0.5) is 0 Å². The van der Waals surface area contributed by atoms with Crippen molar-refractivity contribution in [3.63, 3.8) is 0 Å². The van der Waals surface area contributed by atoms with Gasteiger partial charge in [0.05, 0.1) is 0 Å². The molecule has 9 heteroatoms. The highest BCUT2D eigenvalue weighted by Crippen LogP contribution is 2.15. The van der Waals surface area contributed by atoms with E-state index in [2.05, 4.69) is 4.98 Å². The van der Waals surface area contributed by atoms with E-state index in [-0.39, 0.29) is 42.2 Å². The van der Waals surface area contributed by atoms with Gasteiger partial charge in [-0.3, -0.25) is 9.59 Å². The van der Waals surface area contributed by atoms with Crippen LogP contribution in [0, 0.1) is 0 Å². The first-order valence-electron chi connectivity index (χ1n) is 5.34. The molecule has 0 unspecified atom stereocenters. The Hall–Kier alpha value is -1.08. The molecule has 1 aromatic rings. The molecule has 0 aliphatic rings. The van der Waals surface area contributed by atoms with Gasteiger partial charge >= 0.3 is 11.9 Å². The lowest BCUT2D eigenvalue weighted by atomic mass is 10.2. The second-order valence-electron chi connectivity index (χ2n) is 3.77. The van der Waals surface area contributed by atoms with Gasteiger partial charge in [-0.1, -0.05) is 23.2 Å². The first-order valence-corrected chi connectivity index (χ1v) is 6.10. The van der Waals surface area contributed by atoms with Crippen molar-refractivity contribution >= 4 is 47.5 Å². The Morgan fingerprint density at radius 1 is 1.35 bits per heavy atom. The lowest BCUT2D eigenvalue weighted by Crippen LogP contribution is -2.32. The highest BCUT2D eigenvalue weighted by molar-refractivity contribution is 6.32. The second kappa shape index (κ2) is 8.97. The molecule has 0 aromatic carbocycles. The SMILES string of the molecule is Cl.N[C@@H](CCC(=O)O)C(=O)OCc1cc(Cl)nc(Cl)c1. The fraction of sp³-hybridized carbons (Fsp3) is 0.364. The van der Waals surface area contributed by atoms with Crippen molar-refractivity contribution in [2.75, 3.05) is 0 Å². The third kappa shape index (κ3) is 6.91. The maximum atomic E-state index is 11.5. The summed E-state index contributed by atoms with van der Waals surface area (Å²) in [5.41, 5.74) is 6.06. The van der Waals surface area contributed by atoms with Gasteiger partial charge in [0.2, 0.25) is 0 Å². The van der Waals surface area contributed by atoms with Crippen LogP contribution in [0.5, 0.6) is 0 Å². The lowest BCUT2D eigenvalue weighted by molar-refractivity contribution is -0.147. The molecule has 1 atom stereocenters. The van der Waals surface area contributed by atoms with Gasteiger partial charge in [0, 0.05) is 6.42 Å². The molecule has 3 N–H and O–H groups in total. The fourth-order valence-corrected chi connectivity index (χ4v) is 1.76. The molecule has 0 aliphatic carbocycles. The average Bonchev–Trinajstić information content (AvgIpc) is 2.31. The van der Waals surface area contributed by atoms with Crippen molar-refractivity contribution in [2.45, 2.75) is 25.5 Å². The number of pyridine rings is 1. The number of nitrogens with zero attached hydrogens (tertiary/aromatic N) is 1. The van der Waals surface area contributed by atoms with Crippen molar-refractivity contribution in [1.29, 1.82) is 0 Å². The second-order valence-corrected chi connectivity index (χ2v) is 4.54. The Morgan fingerprint density at radius 3 is 2.40 bits per heavy atom. The normalized spacial score (nSPS) is 11.3. The van der Waals surface area contributed by atoms with Crippen LogP contribution in [0.2, 0.25) is 10.3 Å². The molecule has 0 saturated carbocycles. The van der Waals surface area contributed by atoms with Gasteiger partial charge in [0.1, 0.15) is 23.0 Å². The number of carboxylic acid groups (broad SMARTS) is 1. The number of nitrogens with two attached hydrogens (primary N) is 1. The molecule has 0 radical (unpaired) electrons. The Morgan fingerprint density at radius 2 is 1.90 bits per heavy atom. The van der Waals surface area contributed by atoms with Crippen LogP contribution < -0.4 is 5.73 Å². The summed E-state index contributed by atoms with van der Waals surface area (Å²) in [5, 5.41) is 8.85. The molecule has 1 rings (SSSR count). The Balaban J connectivity index is 0.00000361. The number of hydrogen-bond donors (Lipinski definition) is 2. The lowest BCUT2D eigenvalue weighted by Gasteiger charge is -2.10. The molecule has 1 aromatic heterocycles. The summed E-state index contributed by atoms with van der Waals surface area (Å²) in [6.07, 6.45) is -0.171. The molecule has 0 amide bonds. The molecule has 20 heavy (non-hydrogen) atoms. The number of esters is 1. The van der Waals surface area contributed by atoms with E-state index in [9.17, 15) is 9.59 Å². The Labute approximate surface area is 131 Å². The minimum atomic E-state index is -1.02. The maximum absolute atomic E-state index is 11.5. The molecule has 0 spiro atoms. The third-order valence-corrected chi connectivity index (χ3v) is 2.56. The van der Waals surface area contributed by atoms with Gasteiger partial charge in [0.25, 0.3) is 0 Å². The van der Waals surface area contributed by atoms with Crippen molar-refractivity contribution < 1.29 is 19.4 Å². The van der Waals surface area contributed by atoms with E-state index in [1.807, 2.05) is 0 Å². The summed E-state index contributed by atoms with van der Waals surface area (Å²) in [7, 11) is 0. The van der Waals surface area contributed by atoms with Crippen molar-refractivity contribution in [3.8, 4) is 0 Å². The molecule has 0 aliphatic heterocycles. The summed E-state index contributed by atoms with van der Waals surface area (Å²) in [6.45, 7) is -0.0540.